The molecule has 0 aromatic heterocycles. The third kappa shape index (κ3) is 6.77. The summed E-state index contributed by atoms with van der Waals surface area (Å²) < 4.78 is 5.03. The van der Waals surface area contributed by atoms with Gasteiger partial charge < -0.3 is 4.12 Å². The molecule has 2 rings (SSSR count). The van der Waals surface area contributed by atoms with Crippen molar-refractivity contribution in [2.45, 2.75) is 77.3 Å². The highest BCUT2D eigenvalue weighted by molar-refractivity contribution is 6.52. The lowest BCUT2D eigenvalue weighted by atomic mass is 9.73. The van der Waals surface area contributed by atoms with Crippen molar-refractivity contribution >= 4 is 19.5 Å². The van der Waals surface area contributed by atoms with E-state index in [1.165, 1.54) is 38.5 Å². The quantitative estimate of drug-likeness (QED) is 0.700. The van der Waals surface area contributed by atoms with E-state index in [4.69, 9.17) is 4.12 Å². The highest BCUT2D eigenvalue weighted by Gasteiger charge is 2.24. The largest absolute Gasteiger partial charge is 0.466 e. The molecule has 0 spiro atoms. The molecule has 0 amide bonds. The standard InChI is InChI=1S/C12H22.C2H10OSi2/c1-3-7-11(8-4-1)12-9-5-2-6-10-12;1-5(2)3-4/h11-12H,1-10H2;5H,1-2,4H3. The Labute approximate surface area is 113 Å². The Balaban J connectivity index is 0.000000249. The molecule has 102 valence electrons. The fourth-order valence-electron chi connectivity index (χ4n) is 3.21. The predicted molar refractivity (Wildman–Crippen MR) is 83.1 cm³/mol. The highest BCUT2D eigenvalue weighted by atomic mass is 28.3. The third-order valence-electron chi connectivity index (χ3n) is 4.44. The molecule has 0 saturated heterocycles. The van der Waals surface area contributed by atoms with Gasteiger partial charge in [-0.05, 0) is 24.9 Å². The summed E-state index contributed by atoms with van der Waals surface area (Å²) in [6.45, 7) is 4.35. The molecule has 0 unspecified atom stereocenters. The van der Waals surface area contributed by atoms with Gasteiger partial charge in [0.05, 0.1) is 0 Å². The first kappa shape index (κ1) is 15.5. The Morgan fingerprint density at radius 2 is 1.06 bits per heavy atom. The fraction of sp³-hybridized carbons (Fsp3) is 1.00. The van der Waals surface area contributed by atoms with Crippen molar-refractivity contribution in [2.75, 3.05) is 0 Å². The van der Waals surface area contributed by atoms with Gasteiger partial charge in [0.25, 0.3) is 0 Å². The number of rotatable bonds is 2. The number of hydrogen-bond acceptors (Lipinski definition) is 1. The van der Waals surface area contributed by atoms with Crippen LogP contribution in [0.15, 0.2) is 0 Å². The van der Waals surface area contributed by atoms with Crippen molar-refractivity contribution < 1.29 is 4.12 Å². The van der Waals surface area contributed by atoms with Crippen molar-refractivity contribution in [1.82, 2.24) is 0 Å². The Hall–Kier alpha value is 0.394. The zero-order valence-electron chi connectivity index (χ0n) is 12.2. The maximum atomic E-state index is 5.03. The number of hydrogen-bond donors (Lipinski definition) is 0. The van der Waals surface area contributed by atoms with E-state index in [1.807, 2.05) is 0 Å². The summed E-state index contributed by atoms with van der Waals surface area (Å²) in [6.07, 6.45) is 15.4. The maximum Gasteiger partial charge on any atom is 0.156 e. The smallest absolute Gasteiger partial charge is 0.156 e. The van der Waals surface area contributed by atoms with E-state index in [1.54, 1.807) is 25.7 Å². The summed E-state index contributed by atoms with van der Waals surface area (Å²) in [4.78, 5) is 0. The average Bonchev–Trinajstić information content (AvgIpc) is 2.41. The van der Waals surface area contributed by atoms with E-state index >= 15 is 0 Å². The zero-order chi connectivity index (χ0) is 12.5. The van der Waals surface area contributed by atoms with Gasteiger partial charge in [-0.1, -0.05) is 64.2 Å². The molecule has 0 bridgehead atoms. The molecule has 0 aliphatic heterocycles. The Morgan fingerprint density at radius 3 is 1.29 bits per heavy atom. The van der Waals surface area contributed by atoms with E-state index in [2.05, 4.69) is 13.1 Å². The second kappa shape index (κ2) is 9.34. The van der Waals surface area contributed by atoms with E-state index < -0.39 is 9.04 Å². The molecule has 0 heterocycles. The molecule has 2 aliphatic carbocycles. The van der Waals surface area contributed by atoms with Crippen LogP contribution in [0.4, 0.5) is 0 Å². The van der Waals surface area contributed by atoms with E-state index in [-0.39, 0.29) is 0 Å². The van der Waals surface area contributed by atoms with Crippen LogP contribution in [-0.4, -0.2) is 19.5 Å². The first-order valence-electron chi connectivity index (χ1n) is 7.76. The lowest BCUT2D eigenvalue weighted by molar-refractivity contribution is 0.196. The van der Waals surface area contributed by atoms with Gasteiger partial charge in [-0.25, -0.2) is 0 Å². The highest BCUT2D eigenvalue weighted by Crippen LogP contribution is 2.37. The molecule has 1 nitrogen and oxygen atoms in total. The maximum absolute atomic E-state index is 5.03. The fourth-order valence-corrected chi connectivity index (χ4v) is 3.21. The van der Waals surface area contributed by atoms with Crippen molar-refractivity contribution in [3.63, 3.8) is 0 Å². The SMILES string of the molecule is C1CCC(C2CCCCC2)CC1.C[SiH](C)O[SiH3]. The topological polar surface area (TPSA) is 9.23 Å². The third-order valence-corrected chi connectivity index (χ3v) is 8.21. The predicted octanol–water partition coefficient (Wildman–Crippen LogP) is 3.41. The molecule has 0 radical (unpaired) electrons. The van der Waals surface area contributed by atoms with Crippen LogP contribution in [0.1, 0.15) is 64.2 Å². The summed E-state index contributed by atoms with van der Waals surface area (Å²) in [7, 11) is 0.347. The summed E-state index contributed by atoms with van der Waals surface area (Å²) in [6, 6.07) is 0. The second-order valence-corrected chi connectivity index (χ2v) is 10.1. The van der Waals surface area contributed by atoms with Gasteiger partial charge in [-0.15, -0.1) is 0 Å². The van der Waals surface area contributed by atoms with Crippen LogP contribution in [-0.2, 0) is 4.12 Å². The van der Waals surface area contributed by atoms with Gasteiger partial charge >= 0.3 is 0 Å². The summed E-state index contributed by atoms with van der Waals surface area (Å²) in [5.74, 6) is 2.28. The van der Waals surface area contributed by atoms with E-state index in [0.29, 0.717) is 0 Å². The lowest BCUT2D eigenvalue weighted by Crippen LogP contribution is -2.20. The average molecular weight is 273 g/mol. The summed E-state index contributed by atoms with van der Waals surface area (Å²) in [5, 5.41) is 0. The molecule has 2 fully saturated rings. The van der Waals surface area contributed by atoms with Crippen LogP contribution in [0.2, 0.25) is 13.1 Å². The van der Waals surface area contributed by atoms with Gasteiger partial charge in [0.1, 0.15) is 10.5 Å². The van der Waals surface area contributed by atoms with E-state index in [9.17, 15) is 0 Å². The van der Waals surface area contributed by atoms with Crippen LogP contribution in [0.3, 0.4) is 0 Å². The van der Waals surface area contributed by atoms with Crippen LogP contribution in [0, 0.1) is 11.8 Å². The molecule has 3 heteroatoms. The second-order valence-electron chi connectivity index (χ2n) is 6.08. The molecule has 2 aliphatic rings. The van der Waals surface area contributed by atoms with E-state index in [0.717, 1.165) is 22.3 Å². The van der Waals surface area contributed by atoms with Crippen LogP contribution in [0.25, 0.3) is 0 Å². The van der Waals surface area contributed by atoms with Crippen molar-refractivity contribution in [2.24, 2.45) is 11.8 Å². The Kier molecular flexibility index (Phi) is 8.49. The van der Waals surface area contributed by atoms with Gasteiger partial charge in [-0.2, -0.15) is 0 Å². The zero-order valence-corrected chi connectivity index (χ0v) is 15.4. The molecule has 0 aromatic carbocycles. The molecule has 0 aromatic rings. The summed E-state index contributed by atoms with van der Waals surface area (Å²) >= 11 is 0. The van der Waals surface area contributed by atoms with Crippen LogP contribution < -0.4 is 0 Å². The minimum atomic E-state index is -0.588. The van der Waals surface area contributed by atoms with Gasteiger partial charge in [0.2, 0.25) is 0 Å². The molecule has 0 N–H and O–H groups in total. The van der Waals surface area contributed by atoms with Crippen LogP contribution >= 0.6 is 0 Å². The monoisotopic (exact) mass is 272 g/mol. The van der Waals surface area contributed by atoms with Gasteiger partial charge in [-0.3, -0.25) is 0 Å². The normalized spacial score (nSPS) is 23.5. The minimum Gasteiger partial charge on any atom is -0.466 e. The Morgan fingerprint density at radius 1 is 0.765 bits per heavy atom. The molecular formula is C14H32OSi2. The van der Waals surface area contributed by atoms with Gasteiger partial charge in [0, 0.05) is 0 Å². The van der Waals surface area contributed by atoms with Crippen molar-refractivity contribution in [3.8, 4) is 0 Å². The van der Waals surface area contributed by atoms with Gasteiger partial charge in [0.15, 0.2) is 9.04 Å². The lowest BCUT2D eigenvalue weighted by Gasteiger charge is -2.32. The first-order valence-corrected chi connectivity index (χ1v) is 11.4. The van der Waals surface area contributed by atoms with Crippen molar-refractivity contribution in [1.29, 1.82) is 0 Å². The minimum absolute atomic E-state index is 0.588. The molecular weight excluding hydrogens is 240 g/mol. The first-order chi connectivity index (χ1) is 8.24. The summed E-state index contributed by atoms with van der Waals surface area (Å²) in [5.41, 5.74) is 0. The molecule has 17 heavy (non-hydrogen) atoms. The van der Waals surface area contributed by atoms with Crippen molar-refractivity contribution in [3.05, 3.63) is 0 Å². The Bertz CT molecular complexity index is 157. The molecule has 2 saturated carbocycles. The van der Waals surface area contributed by atoms with Crippen LogP contribution in [0.5, 0.6) is 0 Å². The molecule has 0 atom stereocenters.